The van der Waals surface area contributed by atoms with Crippen LogP contribution in [0.3, 0.4) is 0 Å². The van der Waals surface area contributed by atoms with E-state index in [1.165, 1.54) is 66.6 Å². The summed E-state index contributed by atoms with van der Waals surface area (Å²) < 4.78 is 6.87. The second kappa shape index (κ2) is 14.9. The Hall–Kier alpha value is -6.51. The summed E-state index contributed by atoms with van der Waals surface area (Å²) in [5.74, 6) is 1.95. The number of nitrogens with zero attached hydrogens (tertiary/aromatic N) is 5. The van der Waals surface area contributed by atoms with Gasteiger partial charge in [-0.3, -0.25) is 9.13 Å². The lowest BCUT2D eigenvalue weighted by atomic mass is 10.1. The van der Waals surface area contributed by atoms with E-state index < -0.39 is 0 Å². The lowest BCUT2D eigenvalue weighted by molar-refractivity contribution is 0.894. The normalized spacial score (nSPS) is 13.0. The quantitative estimate of drug-likeness (QED) is 0.165. The number of halogens is 1. The molecule has 3 aliphatic rings. The van der Waals surface area contributed by atoms with Gasteiger partial charge in [0, 0.05) is 33.0 Å². The summed E-state index contributed by atoms with van der Waals surface area (Å²) in [5, 5.41) is 5.41. The largest absolute Gasteiger partial charge is 0.309 e. The molecule has 8 heteroatoms. The molecule has 292 valence electrons. The summed E-state index contributed by atoms with van der Waals surface area (Å²) in [6.45, 7) is 0. The van der Waals surface area contributed by atoms with Crippen LogP contribution in [-0.2, 0) is 17.9 Å². The van der Waals surface area contributed by atoms with E-state index >= 15 is 0 Å². The van der Waals surface area contributed by atoms with Gasteiger partial charge in [-0.2, -0.15) is 0 Å². The molecule has 0 spiro atoms. The molecule has 8 aromatic carbocycles. The first-order valence-corrected chi connectivity index (χ1v) is 22.8. The fraction of sp³-hybridized carbons (Fsp3) is 0.0566. The summed E-state index contributed by atoms with van der Waals surface area (Å²) >= 11 is 9.61. The van der Waals surface area contributed by atoms with Gasteiger partial charge in [0.2, 0.25) is 0 Å². The standard InChI is InChI=1S/C26H17N3S.C14H9ClN2S.C13H10/c1-4-10-22-17(7-1)16-30-26-27-21-15-18(13-14-25(21)29(22)26)28-23-11-5-2-8-19(23)20-9-3-6-12-24(20)28;15-10-5-6-13-11(7-10)16-14-17(13)12-4-2-1-3-9(12)8-18-14;1-3-7-12-10(5-1)9-11-6-2-4-8-13(11)12/h1-15H,16H2;1-7H,8H2;1-8H,9H2. The minimum absolute atomic E-state index is 0.733. The van der Waals surface area contributed by atoms with E-state index in [-0.39, 0.29) is 0 Å². The van der Waals surface area contributed by atoms with Gasteiger partial charge < -0.3 is 4.57 Å². The SMILES string of the molecule is Clc1ccc2c(c1)nc1n2-c2ccccc2CS1.c1ccc2c(c1)CSc1nc3cc(-n4c5ccccc5c5ccccc54)ccc3n1-2.c1ccc2c(c1)Cc1ccccc1-2. The van der Waals surface area contributed by atoms with Gasteiger partial charge in [-0.1, -0.05) is 156 Å². The summed E-state index contributed by atoms with van der Waals surface area (Å²) in [4.78, 5) is 9.65. The van der Waals surface area contributed by atoms with E-state index in [1.807, 2.05) is 30.0 Å². The predicted octanol–water partition coefficient (Wildman–Crippen LogP) is 14.3. The minimum atomic E-state index is 0.733. The number of para-hydroxylation sites is 4. The molecular formula is C53H36ClN5S2. The van der Waals surface area contributed by atoms with Crippen molar-refractivity contribution in [1.82, 2.24) is 23.7 Å². The Morgan fingerprint density at radius 1 is 0.410 bits per heavy atom. The van der Waals surface area contributed by atoms with Crippen molar-refractivity contribution in [2.24, 2.45) is 0 Å². The van der Waals surface area contributed by atoms with Crippen LogP contribution < -0.4 is 0 Å². The second-order valence-electron chi connectivity index (χ2n) is 15.5. The van der Waals surface area contributed by atoms with Crippen LogP contribution in [0.15, 0.2) is 192 Å². The third kappa shape index (κ3) is 6.18. The van der Waals surface area contributed by atoms with Crippen LogP contribution in [0.4, 0.5) is 0 Å². The lowest BCUT2D eigenvalue weighted by Gasteiger charge is -2.18. The molecule has 61 heavy (non-hydrogen) atoms. The van der Waals surface area contributed by atoms with Crippen molar-refractivity contribution in [1.29, 1.82) is 0 Å². The van der Waals surface area contributed by atoms with Crippen molar-refractivity contribution in [3.63, 3.8) is 0 Å². The number of hydrogen-bond acceptors (Lipinski definition) is 4. The maximum atomic E-state index is 6.03. The summed E-state index contributed by atoms with van der Waals surface area (Å²) in [6, 6.07) is 64.2. The Morgan fingerprint density at radius 2 is 0.869 bits per heavy atom. The van der Waals surface area contributed by atoms with Crippen LogP contribution in [0, 0.1) is 0 Å². The zero-order valence-electron chi connectivity index (χ0n) is 32.9. The van der Waals surface area contributed by atoms with E-state index in [0.29, 0.717) is 0 Å². The highest BCUT2D eigenvalue weighted by Gasteiger charge is 2.23. The average Bonchev–Trinajstić information content (AvgIpc) is 4.08. The highest BCUT2D eigenvalue weighted by Crippen LogP contribution is 2.40. The number of benzene rings is 8. The van der Waals surface area contributed by atoms with Gasteiger partial charge in [-0.15, -0.1) is 0 Å². The molecular weight excluding hydrogens is 806 g/mol. The summed E-state index contributed by atoms with van der Waals surface area (Å²) in [7, 11) is 0. The van der Waals surface area contributed by atoms with Crippen LogP contribution >= 0.6 is 35.1 Å². The Labute approximate surface area is 366 Å². The molecule has 11 aromatic rings. The first kappa shape index (κ1) is 36.4. The van der Waals surface area contributed by atoms with Crippen LogP contribution in [0.2, 0.25) is 5.02 Å². The molecule has 0 radical (unpaired) electrons. The average molecular weight is 842 g/mol. The molecule has 0 unspecified atom stereocenters. The van der Waals surface area contributed by atoms with Gasteiger partial charge >= 0.3 is 0 Å². The molecule has 0 saturated carbocycles. The van der Waals surface area contributed by atoms with E-state index in [4.69, 9.17) is 16.6 Å². The maximum absolute atomic E-state index is 6.03. The van der Waals surface area contributed by atoms with Crippen molar-refractivity contribution in [2.75, 3.05) is 0 Å². The number of hydrogen-bond donors (Lipinski definition) is 0. The molecule has 0 bridgehead atoms. The zero-order chi connectivity index (χ0) is 40.4. The Morgan fingerprint density at radius 3 is 1.44 bits per heavy atom. The fourth-order valence-electron chi connectivity index (χ4n) is 9.14. The Kier molecular flexibility index (Phi) is 8.87. The van der Waals surface area contributed by atoms with Crippen LogP contribution in [0.25, 0.3) is 72.1 Å². The molecule has 1 aliphatic carbocycles. The molecule has 5 heterocycles. The van der Waals surface area contributed by atoms with Gasteiger partial charge in [-0.25, -0.2) is 9.97 Å². The molecule has 0 atom stereocenters. The molecule has 0 amide bonds. The van der Waals surface area contributed by atoms with Gasteiger partial charge in [0.15, 0.2) is 10.3 Å². The number of aromatic nitrogens is 5. The van der Waals surface area contributed by atoms with Gasteiger partial charge in [0.25, 0.3) is 0 Å². The van der Waals surface area contributed by atoms with Gasteiger partial charge in [0.1, 0.15) is 0 Å². The molecule has 0 fully saturated rings. The molecule has 3 aromatic heterocycles. The van der Waals surface area contributed by atoms with Crippen LogP contribution in [-0.4, -0.2) is 23.7 Å². The zero-order valence-corrected chi connectivity index (χ0v) is 35.3. The Balaban J connectivity index is 0.000000109. The third-order valence-corrected chi connectivity index (χ3v) is 14.1. The van der Waals surface area contributed by atoms with Crippen molar-refractivity contribution >= 4 is 79.0 Å². The first-order chi connectivity index (χ1) is 30.2. The maximum Gasteiger partial charge on any atom is 0.174 e. The fourth-order valence-corrected chi connectivity index (χ4v) is 11.3. The second-order valence-corrected chi connectivity index (χ2v) is 17.8. The summed E-state index contributed by atoms with van der Waals surface area (Å²) in [6.07, 6.45) is 1.10. The summed E-state index contributed by atoms with van der Waals surface area (Å²) in [5.41, 5.74) is 18.8. The molecule has 2 aliphatic heterocycles. The molecule has 0 saturated heterocycles. The van der Waals surface area contributed by atoms with Crippen molar-refractivity contribution in [3.05, 3.63) is 209 Å². The topological polar surface area (TPSA) is 40.6 Å². The van der Waals surface area contributed by atoms with E-state index in [2.05, 4.69) is 182 Å². The molecule has 14 rings (SSSR count). The van der Waals surface area contributed by atoms with E-state index in [9.17, 15) is 0 Å². The number of rotatable bonds is 1. The minimum Gasteiger partial charge on any atom is -0.309 e. The van der Waals surface area contributed by atoms with E-state index in [1.54, 1.807) is 11.8 Å². The smallest absolute Gasteiger partial charge is 0.174 e. The molecule has 0 N–H and O–H groups in total. The lowest BCUT2D eigenvalue weighted by Crippen LogP contribution is -2.05. The van der Waals surface area contributed by atoms with Crippen LogP contribution in [0.5, 0.6) is 0 Å². The molecule has 5 nitrogen and oxygen atoms in total. The van der Waals surface area contributed by atoms with Crippen molar-refractivity contribution < 1.29 is 0 Å². The number of imidazole rings is 2. The van der Waals surface area contributed by atoms with Crippen molar-refractivity contribution in [2.45, 2.75) is 28.2 Å². The third-order valence-electron chi connectivity index (χ3n) is 11.9. The monoisotopic (exact) mass is 841 g/mol. The van der Waals surface area contributed by atoms with Gasteiger partial charge in [-0.05, 0) is 100 Å². The predicted molar refractivity (Wildman–Crippen MR) is 255 cm³/mol. The number of fused-ring (bicyclic) bond motifs is 16. The number of thioether (sulfide) groups is 2. The highest BCUT2D eigenvalue weighted by atomic mass is 35.5. The van der Waals surface area contributed by atoms with Crippen LogP contribution in [0.1, 0.15) is 22.3 Å². The first-order valence-electron chi connectivity index (χ1n) is 20.4. The highest BCUT2D eigenvalue weighted by molar-refractivity contribution is 7.98. The van der Waals surface area contributed by atoms with Gasteiger partial charge in [0.05, 0.1) is 44.5 Å². The van der Waals surface area contributed by atoms with E-state index in [0.717, 1.165) is 61.0 Å². The van der Waals surface area contributed by atoms with Crippen molar-refractivity contribution in [3.8, 4) is 28.2 Å². The Bertz CT molecular complexity index is 3410.